The fourth-order valence-corrected chi connectivity index (χ4v) is 18.0. The third kappa shape index (κ3) is 65.1. The maximum Gasteiger partial charge on any atom is 0.333 e. The summed E-state index contributed by atoms with van der Waals surface area (Å²) in [5.41, 5.74) is 0. The Hall–Kier alpha value is -3.50. The van der Waals surface area contributed by atoms with Crippen molar-refractivity contribution >= 4 is 35.7 Å². The number of esters is 4. The van der Waals surface area contributed by atoms with Gasteiger partial charge < -0.3 is 69.7 Å². The molecule has 8 N–H and O–H groups in total. The molecular formula is C104H196N2O18. The highest BCUT2D eigenvalue weighted by atomic mass is 16.7. The average molecular weight is 1760 g/mol. The molecule has 2 aliphatic heterocycles. The predicted molar refractivity (Wildman–Crippen MR) is 504 cm³/mol. The summed E-state index contributed by atoms with van der Waals surface area (Å²) in [5.74, 6) is -4.82. The quantitative estimate of drug-likeness (QED) is 0.0159. The number of unbranched alkanes of at least 4 members (excludes halogenated alkanes) is 64. The number of cyclic esters (lactones) is 1. The Bertz CT molecular complexity index is 2460. The molecular weight excluding hydrogens is 1570 g/mol. The number of aliphatic hydroxyl groups is 6. The predicted octanol–water partition coefficient (Wildman–Crippen LogP) is 24.7. The number of rotatable bonds is 91. The van der Waals surface area contributed by atoms with E-state index in [2.05, 4.69) is 45.3 Å². The molecule has 20 nitrogen and oxygen atoms in total. The summed E-state index contributed by atoms with van der Waals surface area (Å²) in [4.78, 5) is 84.8. The number of aliphatic hydroxyl groups excluding tert-OH is 6. The van der Waals surface area contributed by atoms with Gasteiger partial charge >= 0.3 is 23.9 Å². The Labute approximate surface area is 758 Å². The largest absolute Gasteiger partial charge is 0.462 e. The molecule has 2 heterocycles. The average Bonchev–Trinajstić information content (AvgIpc) is 0.789. The second-order valence-corrected chi connectivity index (χ2v) is 38.0. The van der Waals surface area contributed by atoms with E-state index in [-0.39, 0.29) is 19.3 Å². The lowest BCUT2D eigenvalue weighted by Gasteiger charge is -2.44. The SMILES string of the molecule is CCCCCCCCCCCCCCCCCCCCCCCCCCCC(=O)O[C@H](CCCCCCCCCCCCC)CC(=O)N[C@H]1[C@H](OC[C@H]2OC(=O)[C@H](NC(=O)C[C@@H](O)CCCCCCCCCCCCC)[C@@H](OC(=O)C[C@H](O)CCCCCCCCCCCCC)[C@@H]2O)O[C@H](CO)[C@@H](O)[C@@H]1OC(=O)C[C@H](O)CCCCCCCCCCCCC. The van der Waals surface area contributed by atoms with Gasteiger partial charge in [-0.3, -0.25) is 24.0 Å². The highest BCUT2D eigenvalue weighted by Gasteiger charge is 2.52. The van der Waals surface area contributed by atoms with Crippen LogP contribution >= 0.6 is 0 Å². The van der Waals surface area contributed by atoms with Crippen molar-refractivity contribution in [3.63, 3.8) is 0 Å². The van der Waals surface area contributed by atoms with Crippen molar-refractivity contribution in [3.8, 4) is 0 Å². The zero-order valence-corrected chi connectivity index (χ0v) is 80.7. The molecule has 2 fully saturated rings. The summed E-state index contributed by atoms with van der Waals surface area (Å²) in [5, 5.41) is 74.0. The first-order chi connectivity index (χ1) is 60.5. The third-order valence-electron chi connectivity index (χ3n) is 26.0. The van der Waals surface area contributed by atoms with Crippen molar-refractivity contribution < 1.29 is 87.8 Å². The Morgan fingerprint density at radius 2 is 0.605 bits per heavy atom. The summed E-state index contributed by atoms with van der Waals surface area (Å²) >= 11 is 0. The summed E-state index contributed by atoms with van der Waals surface area (Å²) in [7, 11) is 0. The molecule has 0 aromatic carbocycles. The number of carbonyl (C=O) groups excluding carboxylic acids is 6. The molecule has 0 radical (unpaired) electrons. The molecule has 0 aliphatic carbocycles. The molecule has 124 heavy (non-hydrogen) atoms. The van der Waals surface area contributed by atoms with E-state index in [1.165, 1.54) is 289 Å². The van der Waals surface area contributed by atoms with E-state index in [0.29, 0.717) is 57.8 Å². The Morgan fingerprint density at radius 1 is 0.331 bits per heavy atom. The van der Waals surface area contributed by atoms with Crippen LogP contribution in [0, 0.1) is 0 Å². The molecule has 0 bridgehead atoms. The minimum atomic E-state index is -1.91. The molecule has 13 atom stereocenters. The molecule has 2 aliphatic rings. The van der Waals surface area contributed by atoms with E-state index < -0.39 is 141 Å². The van der Waals surface area contributed by atoms with E-state index in [4.69, 9.17) is 28.4 Å². The maximum atomic E-state index is 14.8. The zero-order chi connectivity index (χ0) is 90.2. The molecule has 0 saturated carbocycles. The van der Waals surface area contributed by atoms with Crippen LogP contribution in [0.2, 0.25) is 0 Å². The van der Waals surface area contributed by atoms with Crippen LogP contribution in [0.3, 0.4) is 0 Å². The zero-order valence-electron chi connectivity index (χ0n) is 80.7. The second kappa shape index (κ2) is 83.8. The van der Waals surface area contributed by atoms with Gasteiger partial charge in [-0.1, -0.05) is 465 Å². The normalized spacial score (nSPS) is 19.4. The van der Waals surface area contributed by atoms with Crippen molar-refractivity contribution in [2.24, 2.45) is 0 Å². The van der Waals surface area contributed by atoms with Gasteiger partial charge in [0.15, 0.2) is 30.6 Å². The fraction of sp³-hybridized carbons (Fsp3) is 0.942. The van der Waals surface area contributed by atoms with Gasteiger partial charge in [0, 0.05) is 6.42 Å². The van der Waals surface area contributed by atoms with Gasteiger partial charge in [0.1, 0.15) is 30.5 Å². The molecule has 20 heteroatoms. The van der Waals surface area contributed by atoms with E-state index in [1.807, 2.05) is 0 Å². The molecule has 2 amide bonds. The van der Waals surface area contributed by atoms with Crippen LogP contribution in [-0.4, -0.2) is 159 Å². The van der Waals surface area contributed by atoms with Crippen molar-refractivity contribution in [1.29, 1.82) is 0 Å². The standard InChI is InChI=1S/C104H196N2O18/c1-6-11-16-21-26-31-36-37-38-39-40-41-42-43-44-45-46-47-48-49-54-59-64-69-74-79-94(113)120-89(78-73-68-63-58-53-35-30-25-20-15-10-5)83-93(112)106-98-102(124-96(115)82-88(110)77-72-67-62-57-52-34-29-24-19-14-9-4)99(116)90(84-107)122-104(98)119-85-91-100(117)101(123-95(114)81-87(109)76-71-66-61-56-51-33-28-23-18-13-8-3)97(103(118)121-91)105-92(111)80-86(108)75-70-65-60-55-50-32-27-22-17-12-7-2/h86-91,97-102,104,107-110,116-117H,6-85H2,1-5H3,(H,105,111)(H,106,112)/t86-,87+,88+,89+,90+,91+,97+,98+,99+,100+,101+,102+,104+/m0/s1. The van der Waals surface area contributed by atoms with Crippen molar-refractivity contribution in [1.82, 2.24) is 10.6 Å². The summed E-state index contributed by atoms with van der Waals surface area (Å²) in [6, 6.07) is -3.34. The van der Waals surface area contributed by atoms with Crippen molar-refractivity contribution in [3.05, 3.63) is 0 Å². The molecule has 0 aromatic heterocycles. The smallest absolute Gasteiger partial charge is 0.333 e. The van der Waals surface area contributed by atoms with Crippen LogP contribution in [0.25, 0.3) is 0 Å². The van der Waals surface area contributed by atoms with Crippen LogP contribution in [0.5, 0.6) is 0 Å². The van der Waals surface area contributed by atoms with Crippen LogP contribution < -0.4 is 10.6 Å². The van der Waals surface area contributed by atoms with Gasteiger partial charge in [-0.05, 0) is 38.5 Å². The van der Waals surface area contributed by atoms with Crippen LogP contribution in [-0.2, 0) is 57.2 Å². The van der Waals surface area contributed by atoms with Crippen LogP contribution in [0.4, 0.5) is 0 Å². The highest BCUT2D eigenvalue weighted by Crippen LogP contribution is 2.31. The van der Waals surface area contributed by atoms with Gasteiger partial charge in [0.25, 0.3) is 0 Å². The lowest BCUT2D eigenvalue weighted by molar-refractivity contribution is -0.283. The minimum absolute atomic E-state index is 0.189. The molecule has 2 rings (SSSR count). The topological polar surface area (TPSA) is 303 Å². The first kappa shape index (κ1) is 117. The van der Waals surface area contributed by atoms with Crippen molar-refractivity contribution in [2.45, 2.75) is 615 Å². The number of carbonyl (C=O) groups is 6. The van der Waals surface area contributed by atoms with E-state index in [0.717, 1.165) is 122 Å². The monoisotopic (exact) mass is 1760 g/mol. The van der Waals surface area contributed by atoms with E-state index in [9.17, 15) is 59.4 Å². The molecule has 0 unspecified atom stereocenters. The Balaban J connectivity index is 2.33. The number of nitrogens with one attached hydrogen (secondary N) is 2. The van der Waals surface area contributed by atoms with Crippen LogP contribution in [0.15, 0.2) is 0 Å². The highest BCUT2D eigenvalue weighted by molar-refractivity contribution is 5.86. The Morgan fingerprint density at radius 3 is 0.927 bits per heavy atom. The Kier molecular flexibility index (Phi) is 78.8. The first-order valence-electron chi connectivity index (χ1n) is 53.2. The third-order valence-corrected chi connectivity index (χ3v) is 26.0. The van der Waals surface area contributed by atoms with Crippen molar-refractivity contribution in [2.75, 3.05) is 13.2 Å². The molecule has 0 aromatic rings. The number of amides is 2. The first-order valence-corrected chi connectivity index (χ1v) is 53.2. The van der Waals surface area contributed by atoms with Crippen LogP contribution in [0.1, 0.15) is 535 Å². The number of ether oxygens (including phenoxy) is 6. The van der Waals surface area contributed by atoms with Gasteiger partial charge in [-0.25, -0.2) is 4.79 Å². The summed E-state index contributed by atoms with van der Waals surface area (Å²) in [6.45, 7) is 9.57. The van der Waals surface area contributed by atoms with Gasteiger partial charge in [-0.15, -0.1) is 0 Å². The fourth-order valence-electron chi connectivity index (χ4n) is 18.0. The summed E-state index contributed by atoms with van der Waals surface area (Å²) in [6.07, 6.45) is 64.6. The lowest BCUT2D eigenvalue weighted by Crippen LogP contribution is -2.67. The van der Waals surface area contributed by atoms with E-state index >= 15 is 0 Å². The van der Waals surface area contributed by atoms with Gasteiger partial charge in [-0.2, -0.15) is 0 Å². The van der Waals surface area contributed by atoms with Gasteiger partial charge in [0.2, 0.25) is 11.8 Å². The second-order valence-electron chi connectivity index (χ2n) is 38.0. The maximum absolute atomic E-state index is 14.8. The summed E-state index contributed by atoms with van der Waals surface area (Å²) < 4.78 is 36.5. The minimum Gasteiger partial charge on any atom is -0.462 e. The number of hydrogen-bond acceptors (Lipinski definition) is 18. The molecule has 730 valence electrons. The molecule has 0 spiro atoms. The van der Waals surface area contributed by atoms with E-state index in [1.54, 1.807) is 0 Å². The number of hydrogen-bond donors (Lipinski definition) is 8. The molecule has 2 saturated heterocycles. The lowest BCUT2D eigenvalue weighted by atomic mass is 9.95. The van der Waals surface area contributed by atoms with Gasteiger partial charge in [0.05, 0.1) is 57.2 Å².